The average Bonchev–Trinajstić information content (AvgIpc) is 2.42. The molecule has 0 amide bonds. The maximum absolute atomic E-state index is 5.36. The quantitative estimate of drug-likeness (QED) is 0.793. The van der Waals surface area contributed by atoms with Crippen molar-refractivity contribution in [2.75, 3.05) is 26.8 Å². The van der Waals surface area contributed by atoms with Crippen LogP contribution in [-0.2, 0) is 11.3 Å². The molecule has 0 aliphatic heterocycles. The van der Waals surface area contributed by atoms with Crippen LogP contribution in [0.2, 0.25) is 0 Å². The number of ether oxygens (including phenoxy) is 1. The molecule has 3 heteroatoms. The lowest BCUT2D eigenvalue weighted by molar-refractivity contribution is 0.125. The third-order valence-corrected chi connectivity index (χ3v) is 2.99. The highest BCUT2D eigenvalue weighted by molar-refractivity contribution is 5.36. The van der Waals surface area contributed by atoms with Gasteiger partial charge in [-0.1, -0.05) is 24.0 Å². The van der Waals surface area contributed by atoms with Gasteiger partial charge >= 0.3 is 0 Å². The summed E-state index contributed by atoms with van der Waals surface area (Å²) >= 11 is 0. The number of nitrogens with two attached hydrogens (primary N) is 1. The van der Waals surface area contributed by atoms with E-state index in [2.05, 4.69) is 42.7 Å². The number of nitrogens with zero attached hydrogens (tertiary/aromatic N) is 1. The summed E-state index contributed by atoms with van der Waals surface area (Å²) < 4.78 is 5.15. The van der Waals surface area contributed by atoms with Crippen molar-refractivity contribution in [1.82, 2.24) is 4.90 Å². The van der Waals surface area contributed by atoms with E-state index in [1.807, 2.05) is 12.1 Å². The van der Waals surface area contributed by atoms with Crippen LogP contribution in [0.4, 0.5) is 0 Å². The molecule has 0 heterocycles. The van der Waals surface area contributed by atoms with Crippen LogP contribution in [-0.4, -0.2) is 37.7 Å². The molecule has 0 unspecified atom stereocenters. The summed E-state index contributed by atoms with van der Waals surface area (Å²) in [6.45, 7) is 7.46. The van der Waals surface area contributed by atoms with Crippen LogP contribution in [0, 0.1) is 11.8 Å². The third-order valence-electron chi connectivity index (χ3n) is 2.99. The highest BCUT2D eigenvalue weighted by Gasteiger charge is 2.09. The van der Waals surface area contributed by atoms with Gasteiger partial charge in [0.1, 0.15) is 0 Å². The van der Waals surface area contributed by atoms with Crippen molar-refractivity contribution in [2.45, 2.75) is 26.4 Å². The van der Waals surface area contributed by atoms with Gasteiger partial charge in [-0.25, -0.2) is 0 Å². The first-order valence-corrected chi connectivity index (χ1v) is 6.68. The highest BCUT2D eigenvalue weighted by Crippen LogP contribution is 2.09. The molecule has 1 aromatic rings. The summed E-state index contributed by atoms with van der Waals surface area (Å²) in [5, 5.41) is 0. The highest BCUT2D eigenvalue weighted by atomic mass is 16.5. The zero-order valence-corrected chi connectivity index (χ0v) is 12.1. The molecule has 19 heavy (non-hydrogen) atoms. The molecule has 0 radical (unpaired) electrons. The number of rotatable bonds is 6. The minimum atomic E-state index is 0.403. The molecule has 0 bridgehead atoms. The van der Waals surface area contributed by atoms with E-state index in [4.69, 9.17) is 10.5 Å². The van der Waals surface area contributed by atoms with E-state index < -0.39 is 0 Å². The van der Waals surface area contributed by atoms with Crippen molar-refractivity contribution >= 4 is 0 Å². The van der Waals surface area contributed by atoms with Gasteiger partial charge in [0.15, 0.2) is 0 Å². The van der Waals surface area contributed by atoms with Crippen molar-refractivity contribution in [3.05, 3.63) is 35.4 Å². The summed E-state index contributed by atoms with van der Waals surface area (Å²) in [4.78, 5) is 2.39. The Balaban J connectivity index is 2.64. The van der Waals surface area contributed by atoms with Gasteiger partial charge in [-0.15, -0.1) is 0 Å². The van der Waals surface area contributed by atoms with E-state index in [0.717, 1.165) is 25.3 Å². The van der Waals surface area contributed by atoms with Gasteiger partial charge in [0.25, 0.3) is 0 Å². The number of hydrogen-bond donors (Lipinski definition) is 1. The first-order chi connectivity index (χ1) is 9.17. The third kappa shape index (κ3) is 5.89. The maximum atomic E-state index is 5.36. The first kappa shape index (κ1) is 15.7. The molecule has 0 aliphatic rings. The van der Waals surface area contributed by atoms with Gasteiger partial charge in [-0.3, -0.25) is 4.90 Å². The van der Waals surface area contributed by atoms with Gasteiger partial charge in [0.2, 0.25) is 0 Å². The Morgan fingerprint density at radius 2 is 1.95 bits per heavy atom. The number of methoxy groups -OCH3 is 1. The lowest BCUT2D eigenvalue weighted by atomic mass is 10.1. The fourth-order valence-corrected chi connectivity index (χ4v) is 1.81. The van der Waals surface area contributed by atoms with Crippen LogP contribution in [0.1, 0.15) is 25.0 Å². The van der Waals surface area contributed by atoms with Gasteiger partial charge in [-0.2, -0.15) is 0 Å². The minimum absolute atomic E-state index is 0.403. The Kier molecular flexibility index (Phi) is 7.20. The van der Waals surface area contributed by atoms with E-state index in [1.54, 1.807) is 7.11 Å². The smallest absolute Gasteiger partial charge is 0.0589 e. The predicted octanol–water partition coefficient (Wildman–Crippen LogP) is 1.85. The Bertz CT molecular complexity index is 415. The summed E-state index contributed by atoms with van der Waals surface area (Å²) in [7, 11) is 1.74. The number of hydrogen-bond acceptors (Lipinski definition) is 3. The van der Waals surface area contributed by atoms with E-state index in [9.17, 15) is 0 Å². The summed E-state index contributed by atoms with van der Waals surface area (Å²) in [6, 6.07) is 8.86. The van der Waals surface area contributed by atoms with Crippen molar-refractivity contribution in [3.63, 3.8) is 0 Å². The SMILES string of the molecule is COCCN(Cc1ccc(C#CCN)cc1)C(C)C. The second-order valence-electron chi connectivity index (χ2n) is 4.76. The van der Waals surface area contributed by atoms with Gasteiger partial charge in [-0.05, 0) is 31.5 Å². The Morgan fingerprint density at radius 1 is 1.26 bits per heavy atom. The molecule has 2 N–H and O–H groups in total. The molecule has 0 spiro atoms. The maximum Gasteiger partial charge on any atom is 0.0589 e. The van der Waals surface area contributed by atoms with Gasteiger partial charge < -0.3 is 10.5 Å². The van der Waals surface area contributed by atoms with Gasteiger partial charge in [0.05, 0.1) is 13.2 Å². The zero-order chi connectivity index (χ0) is 14.1. The van der Waals surface area contributed by atoms with Gasteiger partial charge in [0, 0.05) is 31.8 Å². The Labute approximate surface area is 116 Å². The summed E-state index contributed by atoms with van der Waals surface area (Å²) in [5.41, 5.74) is 7.67. The van der Waals surface area contributed by atoms with Crippen LogP contribution in [0.25, 0.3) is 0 Å². The molecule has 104 valence electrons. The molecule has 1 aromatic carbocycles. The minimum Gasteiger partial charge on any atom is -0.383 e. The van der Waals surface area contributed by atoms with Crippen LogP contribution in [0.15, 0.2) is 24.3 Å². The largest absolute Gasteiger partial charge is 0.383 e. The molecule has 0 saturated heterocycles. The molecule has 0 aliphatic carbocycles. The lowest BCUT2D eigenvalue weighted by Gasteiger charge is -2.26. The second-order valence-corrected chi connectivity index (χ2v) is 4.76. The van der Waals surface area contributed by atoms with Crippen LogP contribution in [0.5, 0.6) is 0 Å². The molecule has 1 rings (SSSR count). The standard InChI is InChI=1S/C16H24N2O/c1-14(2)18(11-12-19-3)13-16-8-6-15(7-9-16)5-4-10-17/h6-9,14H,10-13,17H2,1-3H3. The molecular formula is C16H24N2O. The molecule has 0 atom stereocenters. The van der Waals surface area contributed by atoms with Crippen LogP contribution >= 0.6 is 0 Å². The lowest BCUT2D eigenvalue weighted by Crippen LogP contribution is -2.33. The molecule has 0 fully saturated rings. The molecule has 0 saturated carbocycles. The second kappa shape index (κ2) is 8.71. The van der Waals surface area contributed by atoms with E-state index in [1.165, 1.54) is 5.56 Å². The average molecular weight is 260 g/mol. The summed E-state index contributed by atoms with van der Waals surface area (Å²) in [5.74, 6) is 5.90. The monoisotopic (exact) mass is 260 g/mol. The molecule has 0 aromatic heterocycles. The topological polar surface area (TPSA) is 38.5 Å². The Morgan fingerprint density at radius 3 is 2.47 bits per heavy atom. The van der Waals surface area contributed by atoms with Crippen molar-refractivity contribution in [3.8, 4) is 11.8 Å². The zero-order valence-electron chi connectivity index (χ0n) is 12.1. The van der Waals surface area contributed by atoms with Crippen LogP contribution in [0.3, 0.4) is 0 Å². The van der Waals surface area contributed by atoms with E-state index in [0.29, 0.717) is 12.6 Å². The van der Waals surface area contributed by atoms with Crippen molar-refractivity contribution < 1.29 is 4.74 Å². The fourth-order valence-electron chi connectivity index (χ4n) is 1.81. The van der Waals surface area contributed by atoms with E-state index >= 15 is 0 Å². The first-order valence-electron chi connectivity index (χ1n) is 6.68. The Hall–Kier alpha value is -1.34. The van der Waals surface area contributed by atoms with E-state index in [-0.39, 0.29) is 0 Å². The van der Waals surface area contributed by atoms with Crippen LogP contribution < -0.4 is 5.73 Å². The normalized spacial score (nSPS) is 10.6. The van der Waals surface area contributed by atoms with Crippen molar-refractivity contribution in [1.29, 1.82) is 0 Å². The van der Waals surface area contributed by atoms with Crippen molar-refractivity contribution in [2.24, 2.45) is 5.73 Å². The summed E-state index contributed by atoms with van der Waals surface area (Å²) in [6.07, 6.45) is 0. The fraction of sp³-hybridized carbons (Fsp3) is 0.500. The molecular weight excluding hydrogens is 236 g/mol. The number of benzene rings is 1. The molecule has 3 nitrogen and oxygen atoms in total. The predicted molar refractivity (Wildman–Crippen MR) is 79.8 cm³/mol.